The van der Waals surface area contributed by atoms with E-state index in [0.29, 0.717) is 5.56 Å². The number of halogens is 3. The highest BCUT2D eigenvalue weighted by Gasteiger charge is 2.30. The van der Waals surface area contributed by atoms with Crippen LogP contribution < -0.4 is 5.32 Å². The van der Waals surface area contributed by atoms with Crippen molar-refractivity contribution in [3.63, 3.8) is 0 Å². The Bertz CT molecular complexity index is 683. The lowest BCUT2D eigenvalue weighted by Gasteiger charge is -2.09. The van der Waals surface area contributed by atoms with Crippen LogP contribution in [-0.2, 0) is 23.3 Å². The zero-order chi connectivity index (χ0) is 17.6. The Kier molecular flexibility index (Phi) is 6.31. The van der Waals surface area contributed by atoms with Gasteiger partial charge in [-0.2, -0.15) is 13.2 Å². The van der Waals surface area contributed by atoms with Gasteiger partial charge in [-0.1, -0.05) is 42.0 Å². The maximum absolute atomic E-state index is 12.6. The summed E-state index contributed by atoms with van der Waals surface area (Å²) < 4.78 is 37.9. The highest BCUT2D eigenvalue weighted by molar-refractivity contribution is 7.99. The first-order valence-corrected chi connectivity index (χ1v) is 8.56. The van der Waals surface area contributed by atoms with Gasteiger partial charge in [-0.15, -0.1) is 11.8 Å². The van der Waals surface area contributed by atoms with Gasteiger partial charge < -0.3 is 5.32 Å². The molecule has 6 heteroatoms. The minimum atomic E-state index is -4.37. The van der Waals surface area contributed by atoms with Gasteiger partial charge in [0.15, 0.2) is 0 Å². The molecule has 0 unspecified atom stereocenters. The quantitative estimate of drug-likeness (QED) is 0.825. The fraction of sp³-hybridized carbons (Fsp3) is 0.278. The fourth-order valence-electron chi connectivity index (χ4n) is 2.06. The smallest absolute Gasteiger partial charge is 0.351 e. The minimum absolute atomic E-state index is 0.0911. The van der Waals surface area contributed by atoms with Gasteiger partial charge in [-0.05, 0) is 30.2 Å². The maximum Gasteiger partial charge on any atom is 0.416 e. The number of hydrogen-bond acceptors (Lipinski definition) is 2. The SMILES string of the molecule is Cc1ccc(CSCC(=O)NCc2cccc(C(F)(F)F)c2)cc1. The van der Waals surface area contributed by atoms with Crippen LogP contribution >= 0.6 is 11.8 Å². The van der Waals surface area contributed by atoms with Crippen LogP contribution in [-0.4, -0.2) is 11.7 Å². The molecule has 0 saturated heterocycles. The van der Waals surface area contributed by atoms with Gasteiger partial charge in [0.05, 0.1) is 11.3 Å². The Balaban J connectivity index is 1.76. The maximum atomic E-state index is 12.6. The molecule has 0 saturated carbocycles. The van der Waals surface area contributed by atoms with Gasteiger partial charge in [0, 0.05) is 12.3 Å². The van der Waals surface area contributed by atoms with Crippen LogP contribution in [0.15, 0.2) is 48.5 Å². The molecule has 0 heterocycles. The third-order valence-electron chi connectivity index (χ3n) is 3.37. The van der Waals surface area contributed by atoms with Crippen molar-refractivity contribution in [2.24, 2.45) is 0 Å². The Labute approximate surface area is 143 Å². The van der Waals surface area contributed by atoms with E-state index >= 15 is 0 Å². The highest BCUT2D eigenvalue weighted by atomic mass is 32.2. The number of benzene rings is 2. The summed E-state index contributed by atoms with van der Waals surface area (Å²) in [6.07, 6.45) is -4.37. The molecule has 0 fully saturated rings. The Morgan fingerprint density at radius 2 is 1.79 bits per heavy atom. The van der Waals surface area contributed by atoms with Gasteiger partial charge >= 0.3 is 6.18 Å². The molecule has 0 aliphatic heterocycles. The van der Waals surface area contributed by atoms with Crippen LogP contribution in [0.1, 0.15) is 22.3 Å². The molecule has 0 bridgehead atoms. The van der Waals surface area contributed by atoms with Crippen LogP contribution in [0.2, 0.25) is 0 Å². The van der Waals surface area contributed by atoms with Crippen molar-refractivity contribution < 1.29 is 18.0 Å². The van der Waals surface area contributed by atoms with Gasteiger partial charge in [0.1, 0.15) is 0 Å². The number of carbonyl (C=O) groups excluding carboxylic acids is 1. The first-order valence-electron chi connectivity index (χ1n) is 7.41. The fourth-order valence-corrected chi connectivity index (χ4v) is 2.87. The molecule has 2 aromatic rings. The van der Waals surface area contributed by atoms with Crippen LogP contribution in [0.5, 0.6) is 0 Å². The van der Waals surface area contributed by atoms with E-state index in [1.807, 2.05) is 31.2 Å². The van der Waals surface area contributed by atoms with Crippen molar-refractivity contribution in [2.45, 2.75) is 25.4 Å². The average molecular weight is 353 g/mol. The second-order valence-electron chi connectivity index (χ2n) is 5.45. The number of alkyl halides is 3. The van der Waals surface area contributed by atoms with Crippen molar-refractivity contribution in [1.29, 1.82) is 0 Å². The van der Waals surface area contributed by atoms with Crippen molar-refractivity contribution >= 4 is 17.7 Å². The molecule has 0 aromatic heterocycles. The normalized spacial score (nSPS) is 11.3. The lowest BCUT2D eigenvalue weighted by Crippen LogP contribution is -2.24. The van der Waals surface area contributed by atoms with Crippen LogP contribution in [0, 0.1) is 6.92 Å². The summed E-state index contributed by atoms with van der Waals surface area (Å²) in [4.78, 5) is 11.8. The first kappa shape index (κ1) is 18.4. The van der Waals surface area contributed by atoms with Crippen molar-refractivity contribution in [1.82, 2.24) is 5.32 Å². The van der Waals surface area contributed by atoms with Gasteiger partial charge in [0.25, 0.3) is 0 Å². The molecule has 2 nitrogen and oxygen atoms in total. The first-order chi connectivity index (χ1) is 11.3. The number of aryl methyl sites for hydroxylation is 1. The van der Waals surface area contributed by atoms with Crippen LogP contribution in [0.3, 0.4) is 0 Å². The lowest BCUT2D eigenvalue weighted by atomic mass is 10.1. The summed E-state index contributed by atoms with van der Waals surface area (Å²) in [6.45, 7) is 2.10. The summed E-state index contributed by atoms with van der Waals surface area (Å²) in [5, 5.41) is 2.65. The Morgan fingerprint density at radius 3 is 2.46 bits per heavy atom. The number of hydrogen-bond donors (Lipinski definition) is 1. The van der Waals surface area contributed by atoms with Crippen molar-refractivity contribution in [2.75, 3.05) is 5.75 Å². The molecule has 1 N–H and O–H groups in total. The number of nitrogens with one attached hydrogen (secondary N) is 1. The summed E-state index contributed by atoms with van der Waals surface area (Å²) in [7, 11) is 0. The van der Waals surface area contributed by atoms with Gasteiger partial charge in [0.2, 0.25) is 5.91 Å². The van der Waals surface area contributed by atoms with E-state index in [-0.39, 0.29) is 18.2 Å². The topological polar surface area (TPSA) is 29.1 Å². The summed E-state index contributed by atoms with van der Waals surface area (Å²) in [6, 6.07) is 13.0. The van der Waals surface area contributed by atoms with Crippen molar-refractivity contribution in [3.05, 3.63) is 70.8 Å². The Hall–Kier alpha value is -1.95. The molecule has 0 atom stereocenters. The predicted molar refractivity (Wildman–Crippen MR) is 90.6 cm³/mol. The lowest BCUT2D eigenvalue weighted by molar-refractivity contribution is -0.137. The zero-order valence-electron chi connectivity index (χ0n) is 13.2. The minimum Gasteiger partial charge on any atom is -0.351 e. The molecule has 2 aromatic carbocycles. The molecule has 0 aliphatic rings. The largest absolute Gasteiger partial charge is 0.416 e. The summed E-state index contributed by atoms with van der Waals surface area (Å²) >= 11 is 1.47. The molecule has 0 aliphatic carbocycles. The molecule has 2 rings (SSSR count). The van der Waals surface area contributed by atoms with E-state index in [0.717, 1.165) is 23.4 Å². The highest BCUT2D eigenvalue weighted by Crippen LogP contribution is 2.29. The number of thioether (sulfide) groups is 1. The van der Waals surface area contributed by atoms with Crippen molar-refractivity contribution in [3.8, 4) is 0 Å². The van der Waals surface area contributed by atoms with E-state index in [9.17, 15) is 18.0 Å². The molecule has 0 spiro atoms. The second kappa shape index (κ2) is 8.24. The molecule has 0 radical (unpaired) electrons. The van der Waals surface area contributed by atoms with Gasteiger partial charge in [-0.3, -0.25) is 4.79 Å². The molecule has 128 valence electrons. The third-order valence-corrected chi connectivity index (χ3v) is 4.37. The number of rotatable bonds is 6. The monoisotopic (exact) mass is 353 g/mol. The van der Waals surface area contributed by atoms with E-state index in [1.165, 1.54) is 23.4 Å². The van der Waals surface area contributed by atoms with E-state index < -0.39 is 11.7 Å². The van der Waals surface area contributed by atoms with E-state index in [1.54, 1.807) is 6.07 Å². The van der Waals surface area contributed by atoms with E-state index in [2.05, 4.69) is 5.32 Å². The molecule has 24 heavy (non-hydrogen) atoms. The van der Waals surface area contributed by atoms with E-state index in [4.69, 9.17) is 0 Å². The van der Waals surface area contributed by atoms with Crippen LogP contribution in [0.4, 0.5) is 13.2 Å². The second-order valence-corrected chi connectivity index (χ2v) is 6.44. The third kappa shape index (κ3) is 5.92. The van der Waals surface area contributed by atoms with Crippen LogP contribution in [0.25, 0.3) is 0 Å². The van der Waals surface area contributed by atoms with Gasteiger partial charge in [-0.25, -0.2) is 0 Å². The molecule has 1 amide bonds. The Morgan fingerprint density at radius 1 is 1.08 bits per heavy atom. The summed E-state index contributed by atoms with van der Waals surface area (Å²) in [5.41, 5.74) is 2.04. The zero-order valence-corrected chi connectivity index (χ0v) is 14.0. The summed E-state index contributed by atoms with van der Waals surface area (Å²) in [5.74, 6) is 0.800. The number of carbonyl (C=O) groups is 1. The predicted octanol–water partition coefficient (Wildman–Crippen LogP) is 4.56. The average Bonchev–Trinajstić information content (AvgIpc) is 2.54. The molecular formula is C18H18F3NOS. The number of amides is 1. The standard InChI is InChI=1S/C18H18F3NOS/c1-13-5-7-14(8-6-13)11-24-12-17(23)22-10-15-3-2-4-16(9-15)18(19,20)21/h2-9H,10-12H2,1H3,(H,22,23). The molecular weight excluding hydrogens is 335 g/mol.